The summed E-state index contributed by atoms with van der Waals surface area (Å²) in [4.78, 5) is 1.66. The van der Waals surface area contributed by atoms with Crippen LogP contribution in [-0.2, 0) is 23.5 Å². The molecule has 3 aromatic rings. The van der Waals surface area contributed by atoms with E-state index in [1.54, 1.807) is 17.0 Å². The van der Waals surface area contributed by atoms with Crippen LogP contribution >= 0.6 is 0 Å². The van der Waals surface area contributed by atoms with Crippen LogP contribution in [0.2, 0.25) is 0 Å². The number of hydrogen-bond donors (Lipinski definition) is 2. The molecule has 0 aliphatic carbocycles. The van der Waals surface area contributed by atoms with Gasteiger partial charge in [-0.25, -0.2) is 0 Å². The lowest BCUT2D eigenvalue weighted by Gasteiger charge is -2.33. The first-order valence-electron chi connectivity index (χ1n) is 13.5. The van der Waals surface area contributed by atoms with Crippen molar-refractivity contribution in [3.05, 3.63) is 101 Å². The fourth-order valence-corrected chi connectivity index (χ4v) is 4.49. The molecule has 0 amide bonds. The Morgan fingerprint density at radius 1 is 0.738 bits per heavy atom. The minimum Gasteiger partial charge on any atom is -0.491 e. The summed E-state index contributed by atoms with van der Waals surface area (Å²) in [7, 11) is 0. The molecule has 0 radical (unpaired) electrons. The molecule has 0 saturated carbocycles. The molecule has 3 aromatic carbocycles. The quantitative estimate of drug-likeness (QED) is 0.157. The maximum absolute atomic E-state index is 13.3. The first kappa shape index (κ1) is 33.4. The van der Waals surface area contributed by atoms with Crippen molar-refractivity contribution in [3.8, 4) is 5.75 Å². The number of aliphatic hydroxyl groups excluding tert-OH is 2. The van der Waals surface area contributed by atoms with Crippen molar-refractivity contribution in [2.75, 3.05) is 32.9 Å². The smallest absolute Gasteiger partial charge is 0.416 e. The first-order chi connectivity index (χ1) is 19.8. The molecular formula is C31H35F6NO4. The molecule has 5 nitrogen and oxygen atoms in total. The van der Waals surface area contributed by atoms with Crippen molar-refractivity contribution in [1.29, 1.82) is 0 Å². The third-order valence-electron chi connectivity index (χ3n) is 6.79. The molecule has 0 aliphatic heterocycles. The van der Waals surface area contributed by atoms with Gasteiger partial charge in [0.05, 0.1) is 29.9 Å². The molecule has 0 aromatic heterocycles. The predicted octanol–water partition coefficient (Wildman–Crippen LogP) is 6.84. The molecule has 11 heteroatoms. The van der Waals surface area contributed by atoms with Crippen LogP contribution in [0.1, 0.15) is 53.9 Å². The van der Waals surface area contributed by atoms with E-state index in [4.69, 9.17) is 9.47 Å². The molecule has 3 atom stereocenters. The van der Waals surface area contributed by atoms with Gasteiger partial charge in [0.2, 0.25) is 0 Å². The summed E-state index contributed by atoms with van der Waals surface area (Å²) in [6.45, 7) is 4.78. The lowest BCUT2D eigenvalue weighted by atomic mass is 10.0. The lowest BCUT2D eigenvalue weighted by molar-refractivity contribution is -0.138. The van der Waals surface area contributed by atoms with Crippen molar-refractivity contribution in [1.82, 2.24) is 4.90 Å². The predicted molar refractivity (Wildman–Crippen MR) is 146 cm³/mol. The molecule has 0 fully saturated rings. The zero-order valence-corrected chi connectivity index (χ0v) is 23.3. The average molecular weight is 600 g/mol. The molecule has 0 spiro atoms. The van der Waals surface area contributed by atoms with Crippen LogP contribution in [0.25, 0.3) is 0 Å². The minimum atomic E-state index is -4.60. The van der Waals surface area contributed by atoms with Gasteiger partial charge in [-0.3, -0.25) is 4.90 Å². The zero-order valence-electron chi connectivity index (χ0n) is 23.3. The Labute approximate surface area is 241 Å². The standard InChI is InChI=1S/C31H35F6NO4/c1-3-41-14-15-42-27-12-10-22(11-13-27)16-21(2)38(19-28(39)23-6-4-8-25(17-23)30(32,33)34)20-29(40)24-7-5-9-26(18-24)31(35,36)37/h4-13,17-18,21,28-29,39-40H,3,14-16,19-20H2,1-2H3/t21-,28+,29?/m1/s1. The van der Waals surface area contributed by atoms with Gasteiger partial charge in [0.15, 0.2) is 0 Å². The van der Waals surface area contributed by atoms with Crippen LogP contribution in [0, 0.1) is 0 Å². The average Bonchev–Trinajstić information content (AvgIpc) is 2.95. The van der Waals surface area contributed by atoms with E-state index in [1.807, 2.05) is 26.0 Å². The number of ether oxygens (including phenoxy) is 2. The second-order valence-electron chi connectivity index (χ2n) is 9.97. The summed E-state index contributed by atoms with van der Waals surface area (Å²) >= 11 is 0. The van der Waals surface area contributed by atoms with Gasteiger partial charge < -0.3 is 19.7 Å². The van der Waals surface area contributed by atoms with Crippen LogP contribution in [0.3, 0.4) is 0 Å². The van der Waals surface area contributed by atoms with E-state index in [0.717, 1.165) is 29.8 Å². The van der Waals surface area contributed by atoms with E-state index in [2.05, 4.69) is 0 Å². The maximum Gasteiger partial charge on any atom is 0.416 e. The first-order valence-corrected chi connectivity index (χ1v) is 13.5. The Balaban J connectivity index is 1.79. The van der Waals surface area contributed by atoms with E-state index in [0.29, 0.717) is 32.0 Å². The number of hydrogen-bond acceptors (Lipinski definition) is 5. The number of aliphatic hydroxyl groups is 2. The lowest BCUT2D eigenvalue weighted by Crippen LogP contribution is -2.40. The molecule has 42 heavy (non-hydrogen) atoms. The zero-order chi connectivity index (χ0) is 30.9. The van der Waals surface area contributed by atoms with Crippen LogP contribution in [0.4, 0.5) is 26.3 Å². The second-order valence-corrected chi connectivity index (χ2v) is 9.97. The number of benzene rings is 3. The molecule has 2 N–H and O–H groups in total. The fourth-order valence-electron chi connectivity index (χ4n) is 4.49. The van der Waals surface area contributed by atoms with Gasteiger partial charge in [-0.1, -0.05) is 36.4 Å². The highest BCUT2D eigenvalue weighted by molar-refractivity contribution is 5.30. The number of rotatable bonds is 14. The summed E-state index contributed by atoms with van der Waals surface area (Å²) in [5.74, 6) is 0.642. The van der Waals surface area contributed by atoms with Gasteiger partial charge in [-0.2, -0.15) is 26.3 Å². The number of alkyl halides is 6. The Morgan fingerprint density at radius 2 is 1.24 bits per heavy atom. The summed E-state index contributed by atoms with van der Waals surface area (Å²) < 4.78 is 90.4. The Bertz CT molecular complexity index is 1180. The van der Waals surface area contributed by atoms with Gasteiger partial charge >= 0.3 is 12.4 Å². The monoisotopic (exact) mass is 599 g/mol. The Kier molecular flexibility index (Phi) is 11.8. The van der Waals surface area contributed by atoms with Crippen LogP contribution < -0.4 is 4.74 Å². The molecule has 3 rings (SSSR count). The van der Waals surface area contributed by atoms with Crippen molar-refractivity contribution >= 4 is 0 Å². The van der Waals surface area contributed by atoms with Crippen LogP contribution in [0.5, 0.6) is 5.75 Å². The highest BCUT2D eigenvalue weighted by Crippen LogP contribution is 2.33. The topological polar surface area (TPSA) is 62.2 Å². The van der Waals surface area contributed by atoms with Crippen LogP contribution in [0.15, 0.2) is 72.8 Å². The van der Waals surface area contributed by atoms with E-state index in [1.165, 1.54) is 24.3 Å². The van der Waals surface area contributed by atoms with Crippen molar-refractivity contribution in [2.24, 2.45) is 0 Å². The SMILES string of the molecule is CCOCCOc1ccc(C[C@@H](C)N(CC(O)c2cccc(C(F)(F)F)c2)C[C@H](O)c2cccc(C(F)(F)F)c2)cc1. The van der Waals surface area contributed by atoms with Crippen molar-refractivity contribution < 1.29 is 46.0 Å². The summed E-state index contributed by atoms with van der Waals surface area (Å²) in [5, 5.41) is 21.8. The van der Waals surface area contributed by atoms with E-state index in [9.17, 15) is 36.6 Å². The van der Waals surface area contributed by atoms with E-state index in [-0.39, 0.29) is 30.3 Å². The number of halogens is 6. The summed E-state index contributed by atoms with van der Waals surface area (Å²) in [5.41, 5.74) is -0.877. The van der Waals surface area contributed by atoms with Crippen LogP contribution in [-0.4, -0.2) is 54.1 Å². The second kappa shape index (κ2) is 14.9. The van der Waals surface area contributed by atoms with Gasteiger partial charge in [0, 0.05) is 25.7 Å². The molecule has 1 unspecified atom stereocenters. The highest BCUT2D eigenvalue weighted by atomic mass is 19.4. The van der Waals surface area contributed by atoms with Crippen molar-refractivity contribution in [2.45, 2.75) is 50.9 Å². The third kappa shape index (κ3) is 10.0. The Morgan fingerprint density at radius 3 is 1.69 bits per heavy atom. The Hall–Kier alpha value is -3.12. The minimum absolute atomic E-state index is 0.0316. The van der Waals surface area contributed by atoms with Gasteiger partial charge in [0.1, 0.15) is 12.4 Å². The van der Waals surface area contributed by atoms with Gasteiger partial charge in [0.25, 0.3) is 0 Å². The maximum atomic E-state index is 13.3. The van der Waals surface area contributed by atoms with E-state index < -0.39 is 35.7 Å². The highest BCUT2D eigenvalue weighted by Gasteiger charge is 2.32. The number of nitrogens with zero attached hydrogens (tertiary/aromatic N) is 1. The molecule has 0 bridgehead atoms. The summed E-state index contributed by atoms with van der Waals surface area (Å²) in [6, 6.07) is 15.6. The molecule has 0 heterocycles. The van der Waals surface area contributed by atoms with Gasteiger partial charge in [-0.05, 0) is 73.4 Å². The molecule has 0 saturated heterocycles. The fraction of sp³-hybridized carbons (Fsp3) is 0.419. The third-order valence-corrected chi connectivity index (χ3v) is 6.79. The van der Waals surface area contributed by atoms with E-state index >= 15 is 0 Å². The molecule has 230 valence electrons. The normalized spacial score (nSPS) is 14.5. The van der Waals surface area contributed by atoms with Crippen molar-refractivity contribution in [3.63, 3.8) is 0 Å². The molecule has 0 aliphatic rings. The van der Waals surface area contributed by atoms with Gasteiger partial charge in [-0.15, -0.1) is 0 Å². The largest absolute Gasteiger partial charge is 0.491 e. The summed E-state index contributed by atoms with van der Waals surface area (Å²) in [6.07, 6.45) is -11.5. The molecular weight excluding hydrogens is 564 g/mol.